The molecule has 0 aromatic carbocycles. The molecular formula is C50H87N3O16P2. The van der Waals surface area contributed by atoms with E-state index in [-0.39, 0.29) is 18.7 Å². The summed E-state index contributed by atoms with van der Waals surface area (Å²) in [6.45, 7) is 2.12. The van der Waals surface area contributed by atoms with Crippen LogP contribution in [0.25, 0.3) is 0 Å². The lowest BCUT2D eigenvalue weighted by Gasteiger charge is -2.21. The molecule has 6 N–H and O–H groups in total. The zero-order valence-corrected chi connectivity index (χ0v) is 44.3. The molecule has 3 rings (SSSR count). The number of carbonyl (C=O) groups is 2. The molecule has 1 aromatic heterocycles. The molecule has 21 heteroatoms. The minimum Gasteiger partial charge on any atom is -0.462 e. The number of nitrogen functional groups attached to an aromatic ring is 1. The van der Waals surface area contributed by atoms with Crippen LogP contribution >= 0.6 is 15.6 Å². The second kappa shape index (κ2) is 36.2. The molecule has 4 unspecified atom stereocenters. The van der Waals surface area contributed by atoms with E-state index >= 15 is 0 Å². The van der Waals surface area contributed by atoms with Crippen molar-refractivity contribution in [2.45, 2.75) is 236 Å². The third-order valence-corrected chi connectivity index (χ3v) is 15.0. The molecule has 3 heterocycles. The van der Waals surface area contributed by atoms with Crippen molar-refractivity contribution in [2.75, 3.05) is 25.6 Å². The lowest BCUT2D eigenvalue weighted by Crippen LogP contribution is -2.36. The van der Waals surface area contributed by atoms with Crippen molar-refractivity contribution >= 4 is 33.4 Å². The van der Waals surface area contributed by atoms with E-state index in [4.69, 9.17) is 33.7 Å². The zero-order chi connectivity index (χ0) is 51.7. The van der Waals surface area contributed by atoms with Crippen molar-refractivity contribution in [3.63, 3.8) is 0 Å². The Morgan fingerprint density at radius 3 is 1.83 bits per heavy atom. The van der Waals surface area contributed by atoms with E-state index in [2.05, 4.69) is 47.4 Å². The first kappa shape index (κ1) is 62.5. The number of esters is 2. The van der Waals surface area contributed by atoms with Gasteiger partial charge in [0.15, 0.2) is 12.3 Å². The van der Waals surface area contributed by atoms with E-state index in [0.29, 0.717) is 25.0 Å². The number of hydrogen-bond acceptors (Lipinski definition) is 16. The van der Waals surface area contributed by atoms with Gasteiger partial charge < -0.3 is 44.7 Å². The van der Waals surface area contributed by atoms with Crippen molar-refractivity contribution in [2.24, 2.45) is 0 Å². The third kappa shape index (κ3) is 28.5. The second-order valence-electron chi connectivity index (χ2n) is 18.8. The van der Waals surface area contributed by atoms with Gasteiger partial charge in [0.2, 0.25) is 0 Å². The van der Waals surface area contributed by atoms with Crippen LogP contribution in [-0.4, -0.2) is 97.9 Å². The fourth-order valence-electron chi connectivity index (χ4n) is 8.20. The average Bonchev–Trinajstić information content (AvgIpc) is 4.02. The first-order chi connectivity index (χ1) is 34.1. The monoisotopic (exact) mass is 1050 g/mol. The molecule has 2 aliphatic rings. The second-order valence-corrected chi connectivity index (χ2v) is 21.8. The smallest absolute Gasteiger partial charge is 0.462 e. The van der Waals surface area contributed by atoms with Crippen LogP contribution in [-0.2, 0) is 51.0 Å². The van der Waals surface area contributed by atoms with Crippen molar-refractivity contribution in [1.29, 1.82) is 0 Å². The molecule has 0 spiro atoms. The van der Waals surface area contributed by atoms with E-state index in [1.54, 1.807) is 0 Å². The highest BCUT2D eigenvalue weighted by Crippen LogP contribution is 2.60. The first-order valence-corrected chi connectivity index (χ1v) is 29.5. The number of nitrogens with two attached hydrogens (primary N) is 1. The Balaban J connectivity index is 1.38. The minimum absolute atomic E-state index is 0.0300. The molecule has 19 nitrogen and oxygen atoms in total. The third-order valence-electron chi connectivity index (χ3n) is 12.4. The first-order valence-electron chi connectivity index (χ1n) is 26.5. The number of allylic oxidation sites excluding steroid dienone is 3. The van der Waals surface area contributed by atoms with Crippen LogP contribution in [0.4, 0.5) is 5.82 Å². The number of hydrogen-bond donors (Lipinski definition) is 5. The SMILES string of the molecule is CCCCCCCC/C=C\CCCCCCCCCC(=O)OC[C@H](COP(=O)(O)OP(=O)(O)OC[C@H]1O[C@@H](n2ccc(N)nc2=O)[C@H](O)[C@@H]1O)OC(=O)CCCCCCC/C=C\CC1OC1CCCCC. The molecule has 71 heavy (non-hydrogen) atoms. The lowest BCUT2D eigenvalue weighted by molar-refractivity contribution is -0.161. The predicted molar refractivity (Wildman–Crippen MR) is 270 cm³/mol. The zero-order valence-electron chi connectivity index (χ0n) is 42.5. The summed E-state index contributed by atoms with van der Waals surface area (Å²) in [5, 5.41) is 20.9. The molecule has 0 radical (unpaired) electrons. The Bertz CT molecular complexity index is 1850. The molecule has 1 aromatic rings. The van der Waals surface area contributed by atoms with Crippen LogP contribution in [0.1, 0.15) is 200 Å². The largest absolute Gasteiger partial charge is 0.481 e. The topological polar surface area (TPSA) is 278 Å². The minimum atomic E-state index is -5.43. The molecule has 2 aliphatic heterocycles. The summed E-state index contributed by atoms with van der Waals surface area (Å²) in [4.78, 5) is 62.0. The summed E-state index contributed by atoms with van der Waals surface area (Å²) < 4.78 is 62.6. The highest BCUT2D eigenvalue weighted by Gasteiger charge is 2.46. The Hall–Kier alpha value is -2.80. The molecule has 0 amide bonds. The van der Waals surface area contributed by atoms with Gasteiger partial charge in [-0.3, -0.25) is 23.2 Å². The summed E-state index contributed by atoms with van der Waals surface area (Å²) in [7, 11) is -10.9. The number of nitrogens with zero attached hydrogens (tertiary/aromatic N) is 2. The van der Waals surface area contributed by atoms with E-state index in [1.165, 1.54) is 63.9 Å². The summed E-state index contributed by atoms with van der Waals surface area (Å²) in [6, 6.07) is 1.25. The number of anilines is 1. The van der Waals surface area contributed by atoms with Gasteiger partial charge in [-0.1, -0.05) is 141 Å². The fraction of sp³-hybridized carbons (Fsp3) is 0.800. The highest BCUT2D eigenvalue weighted by molar-refractivity contribution is 7.61. The van der Waals surface area contributed by atoms with Crippen LogP contribution in [0.3, 0.4) is 0 Å². The van der Waals surface area contributed by atoms with Gasteiger partial charge >= 0.3 is 33.3 Å². The van der Waals surface area contributed by atoms with E-state index < -0.39 is 83.7 Å². The average molecular weight is 1050 g/mol. The molecule has 2 fully saturated rings. The van der Waals surface area contributed by atoms with Gasteiger partial charge in [-0.25, -0.2) is 13.9 Å². The van der Waals surface area contributed by atoms with Crippen LogP contribution < -0.4 is 11.4 Å². The van der Waals surface area contributed by atoms with Gasteiger partial charge in [0.25, 0.3) is 0 Å². The van der Waals surface area contributed by atoms with Crippen LogP contribution in [0.15, 0.2) is 41.4 Å². The van der Waals surface area contributed by atoms with Gasteiger partial charge in [-0.2, -0.15) is 9.29 Å². The predicted octanol–water partition coefficient (Wildman–Crippen LogP) is 9.99. The molecule has 0 saturated carbocycles. The standard InChI is InChI=1S/C50H87N3O16P2/c1-3-5-7-8-9-10-11-12-13-14-15-16-17-18-22-25-29-33-45(54)63-37-40(66-46(55)34-30-26-23-20-19-21-24-28-32-42-41(67-42)31-27-6-4-2)38-64-70(59,60)69-71(61,62)65-39-43-47(56)48(57)49(68-43)53-36-35-44(51)52-50(53)58/h12-13,24,28,35-36,40-43,47-49,56-57H,3-11,14-23,25-27,29-34,37-39H2,1-2H3,(H,59,60)(H,61,62)(H2,51,52,58)/b13-12-,28-24-/t40-,41?,42?,43-,47-,48-,49-/m1/s1. The Morgan fingerprint density at radius 2 is 1.23 bits per heavy atom. The van der Waals surface area contributed by atoms with Crippen molar-refractivity contribution in [3.8, 4) is 0 Å². The van der Waals surface area contributed by atoms with Gasteiger partial charge in [0.05, 0.1) is 25.4 Å². The van der Waals surface area contributed by atoms with Crippen molar-refractivity contribution in [1.82, 2.24) is 9.55 Å². The molecule has 9 atom stereocenters. The van der Waals surface area contributed by atoms with E-state index in [9.17, 15) is 43.5 Å². The summed E-state index contributed by atoms with van der Waals surface area (Å²) in [5.41, 5.74) is 4.59. The molecule has 2 saturated heterocycles. The number of rotatable bonds is 43. The normalized spacial score (nSPS) is 22.2. The molecular weight excluding hydrogens is 961 g/mol. The number of ether oxygens (including phenoxy) is 4. The number of aromatic nitrogens is 2. The number of aliphatic hydroxyl groups is 2. The maximum atomic E-state index is 12.9. The summed E-state index contributed by atoms with van der Waals surface area (Å²) >= 11 is 0. The number of carbonyl (C=O) groups excluding carboxylic acids is 2. The summed E-state index contributed by atoms with van der Waals surface area (Å²) in [5.74, 6) is -1.32. The fourth-order valence-corrected chi connectivity index (χ4v) is 10.3. The van der Waals surface area contributed by atoms with Crippen molar-refractivity contribution < 1.29 is 71.0 Å². The maximum absolute atomic E-state index is 12.9. The quantitative estimate of drug-likeness (QED) is 0.0134. The number of phosphoric ester groups is 2. The molecule has 408 valence electrons. The Morgan fingerprint density at radius 1 is 0.690 bits per heavy atom. The van der Waals surface area contributed by atoms with E-state index in [0.717, 1.165) is 107 Å². The van der Waals surface area contributed by atoms with Crippen LogP contribution in [0, 0.1) is 0 Å². The van der Waals surface area contributed by atoms with Gasteiger partial charge in [-0.05, 0) is 70.3 Å². The molecule has 0 aliphatic carbocycles. The van der Waals surface area contributed by atoms with Crippen LogP contribution in [0.2, 0.25) is 0 Å². The maximum Gasteiger partial charge on any atom is 0.481 e. The Labute approximate surface area is 421 Å². The number of phosphoric acid groups is 2. The Kier molecular flexibility index (Phi) is 31.9. The number of epoxide rings is 1. The van der Waals surface area contributed by atoms with Crippen molar-refractivity contribution in [3.05, 3.63) is 47.1 Å². The van der Waals surface area contributed by atoms with Gasteiger partial charge in [0.1, 0.15) is 30.7 Å². The van der Waals surface area contributed by atoms with Gasteiger partial charge in [-0.15, -0.1) is 0 Å². The number of unbranched alkanes of at least 4 members (excludes halogenated alkanes) is 20. The van der Waals surface area contributed by atoms with Crippen LogP contribution in [0.5, 0.6) is 0 Å². The highest BCUT2D eigenvalue weighted by atomic mass is 31.3. The summed E-state index contributed by atoms with van der Waals surface area (Å²) in [6.07, 6.45) is 31.3. The van der Waals surface area contributed by atoms with E-state index in [1.807, 2.05) is 0 Å². The number of aliphatic hydroxyl groups excluding tert-OH is 2. The lowest BCUT2D eigenvalue weighted by atomic mass is 10.1. The van der Waals surface area contributed by atoms with Gasteiger partial charge in [0, 0.05) is 19.0 Å². The molecule has 0 bridgehead atoms.